The highest BCUT2D eigenvalue weighted by Gasteiger charge is 2.40. The van der Waals surface area contributed by atoms with Crippen molar-refractivity contribution < 1.29 is 4.39 Å². The minimum Gasteiger partial charge on any atom is -0.307 e. The minimum atomic E-state index is -0.0199. The van der Waals surface area contributed by atoms with Crippen molar-refractivity contribution in [3.63, 3.8) is 0 Å². The van der Waals surface area contributed by atoms with Gasteiger partial charge in [0, 0.05) is 27.5 Å². The summed E-state index contributed by atoms with van der Waals surface area (Å²) in [5.41, 5.74) is 2.44. The lowest BCUT2D eigenvalue weighted by Crippen LogP contribution is -2.57. The van der Waals surface area contributed by atoms with E-state index in [1.165, 1.54) is 5.56 Å². The molecule has 0 atom stereocenters. The van der Waals surface area contributed by atoms with E-state index in [1.54, 1.807) is 0 Å². The first-order chi connectivity index (χ1) is 14.2. The number of hydrogen-bond donors (Lipinski definition) is 2. The van der Waals surface area contributed by atoms with E-state index in [1.807, 2.05) is 6.07 Å². The largest absolute Gasteiger partial charge is 0.307 e. The van der Waals surface area contributed by atoms with Crippen molar-refractivity contribution in [2.75, 3.05) is 0 Å². The number of rotatable bonds is 2. The van der Waals surface area contributed by atoms with Gasteiger partial charge in [0.25, 0.3) is 0 Å². The second-order valence-corrected chi connectivity index (χ2v) is 12.9. The van der Waals surface area contributed by atoms with Gasteiger partial charge in [-0.3, -0.25) is 0 Å². The predicted molar refractivity (Wildman–Crippen MR) is 130 cm³/mol. The van der Waals surface area contributed by atoms with Crippen molar-refractivity contribution >= 4 is 10.8 Å². The van der Waals surface area contributed by atoms with E-state index in [4.69, 9.17) is 0 Å². The molecule has 2 aliphatic heterocycles. The SMILES string of the molecule is CC1(C)CC(c2ccc3c(F)c(C4CC(C)(C)NC(C)(C)C4)ccc3c2)CC(C)(C)N1. The fourth-order valence-electron chi connectivity index (χ4n) is 7.00. The second kappa shape index (κ2) is 7.28. The third-order valence-corrected chi connectivity index (χ3v) is 7.30. The third kappa shape index (κ3) is 4.83. The maximum absolute atomic E-state index is 15.7. The summed E-state index contributed by atoms with van der Waals surface area (Å²) >= 11 is 0. The predicted octanol–water partition coefficient (Wildman–Crippen LogP) is 7.03. The number of fused-ring (bicyclic) bond motifs is 1. The summed E-state index contributed by atoms with van der Waals surface area (Å²) in [6.07, 6.45) is 4.11. The lowest BCUT2D eigenvalue weighted by molar-refractivity contribution is 0.160. The minimum absolute atomic E-state index is 0.00625. The van der Waals surface area contributed by atoms with Gasteiger partial charge >= 0.3 is 0 Å². The highest BCUT2D eigenvalue weighted by atomic mass is 19.1. The van der Waals surface area contributed by atoms with Crippen LogP contribution in [0.3, 0.4) is 0 Å². The van der Waals surface area contributed by atoms with Crippen LogP contribution in [-0.2, 0) is 0 Å². The van der Waals surface area contributed by atoms with E-state index in [0.717, 1.165) is 42.0 Å². The normalized spacial score (nSPS) is 25.6. The van der Waals surface area contributed by atoms with Crippen LogP contribution < -0.4 is 10.6 Å². The van der Waals surface area contributed by atoms with Crippen LogP contribution in [0.2, 0.25) is 0 Å². The molecule has 0 radical (unpaired) electrons. The van der Waals surface area contributed by atoms with E-state index < -0.39 is 0 Å². The summed E-state index contributed by atoms with van der Waals surface area (Å²) in [5.74, 6) is 0.708. The third-order valence-electron chi connectivity index (χ3n) is 7.30. The van der Waals surface area contributed by atoms with Crippen LogP contribution in [0, 0.1) is 5.82 Å². The zero-order chi connectivity index (χ0) is 22.8. The van der Waals surface area contributed by atoms with E-state index >= 15 is 4.39 Å². The smallest absolute Gasteiger partial charge is 0.134 e. The molecule has 2 aromatic carbocycles. The molecule has 0 spiro atoms. The lowest BCUT2D eigenvalue weighted by atomic mass is 9.72. The van der Waals surface area contributed by atoms with Crippen molar-refractivity contribution in [2.24, 2.45) is 0 Å². The van der Waals surface area contributed by atoms with Crippen LogP contribution in [-0.4, -0.2) is 22.2 Å². The van der Waals surface area contributed by atoms with E-state index in [0.29, 0.717) is 5.92 Å². The molecule has 0 saturated carbocycles. The Balaban J connectivity index is 1.68. The average Bonchev–Trinajstić information content (AvgIpc) is 2.56. The molecule has 31 heavy (non-hydrogen) atoms. The molecule has 2 saturated heterocycles. The fourth-order valence-corrected chi connectivity index (χ4v) is 7.00. The molecule has 2 aromatic rings. The van der Waals surface area contributed by atoms with Gasteiger partial charge in [0.2, 0.25) is 0 Å². The summed E-state index contributed by atoms with van der Waals surface area (Å²) < 4.78 is 15.7. The van der Waals surface area contributed by atoms with E-state index in [2.05, 4.69) is 90.3 Å². The second-order valence-electron chi connectivity index (χ2n) is 12.9. The Labute approximate surface area is 188 Å². The molecule has 2 N–H and O–H groups in total. The molecular weight excluding hydrogens is 383 g/mol. The summed E-state index contributed by atoms with van der Waals surface area (Å²) in [5, 5.41) is 9.28. The quantitative estimate of drug-likeness (QED) is 0.541. The first kappa shape index (κ1) is 22.7. The Bertz CT molecular complexity index is 954. The first-order valence-electron chi connectivity index (χ1n) is 12.0. The molecule has 4 rings (SSSR count). The van der Waals surface area contributed by atoms with Crippen LogP contribution in [0.15, 0.2) is 30.3 Å². The molecular formula is C28H41FN2. The zero-order valence-electron chi connectivity index (χ0n) is 20.7. The molecule has 2 fully saturated rings. The van der Waals surface area contributed by atoms with Crippen molar-refractivity contribution in [2.45, 2.75) is 115 Å². The molecule has 0 unspecified atom stereocenters. The van der Waals surface area contributed by atoms with Gasteiger partial charge in [-0.15, -0.1) is 0 Å². The van der Waals surface area contributed by atoms with Crippen LogP contribution in [0.4, 0.5) is 4.39 Å². The number of benzene rings is 2. The number of piperidine rings is 2. The van der Waals surface area contributed by atoms with E-state index in [9.17, 15) is 0 Å². The molecule has 0 bridgehead atoms. The summed E-state index contributed by atoms with van der Waals surface area (Å²) in [6.45, 7) is 18.1. The van der Waals surface area contributed by atoms with Crippen LogP contribution in [0.1, 0.15) is 104 Å². The molecule has 170 valence electrons. The van der Waals surface area contributed by atoms with Crippen molar-refractivity contribution in [3.05, 3.63) is 47.3 Å². The Morgan fingerprint density at radius 1 is 0.677 bits per heavy atom. The molecule has 0 aliphatic carbocycles. The van der Waals surface area contributed by atoms with Crippen molar-refractivity contribution in [1.82, 2.24) is 10.6 Å². The fraction of sp³-hybridized carbons (Fsp3) is 0.643. The standard InChI is InChI=1S/C28H41FN2/c1-25(2)14-20(15-26(3,4)30-25)18-9-11-22-19(13-18)10-12-23(24(22)29)21-16-27(5,6)31-28(7,8)17-21/h9-13,20-21,30-31H,14-17H2,1-8H3. The van der Waals surface area contributed by atoms with Gasteiger partial charge in [-0.05, 0) is 109 Å². The number of hydrogen-bond acceptors (Lipinski definition) is 2. The molecule has 2 nitrogen and oxygen atoms in total. The Morgan fingerprint density at radius 2 is 1.16 bits per heavy atom. The summed E-state index contributed by atoms with van der Waals surface area (Å²) in [4.78, 5) is 0. The number of halogens is 1. The zero-order valence-corrected chi connectivity index (χ0v) is 20.7. The van der Waals surface area contributed by atoms with Gasteiger partial charge in [-0.2, -0.15) is 0 Å². The van der Waals surface area contributed by atoms with E-state index in [-0.39, 0.29) is 33.9 Å². The van der Waals surface area contributed by atoms with Gasteiger partial charge < -0.3 is 10.6 Å². The Hall–Kier alpha value is -1.45. The van der Waals surface area contributed by atoms with Crippen LogP contribution >= 0.6 is 0 Å². The molecule has 2 heterocycles. The van der Waals surface area contributed by atoms with Crippen LogP contribution in [0.25, 0.3) is 10.8 Å². The Morgan fingerprint density at radius 3 is 1.68 bits per heavy atom. The van der Waals surface area contributed by atoms with Gasteiger partial charge in [-0.25, -0.2) is 4.39 Å². The van der Waals surface area contributed by atoms with Gasteiger partial charge in [0.05, 0.1) is 0 Å². The monoisotopic (exact) mass is 424 g/mol. The van der Waals surface area contributed by atoms with Crippen molar-refractivity contribution in [3.8, 4) is 0 Å². The molecule has 3 heteroatoms. The van der Waals surface area contributed by atoms with Gasteiger partial charge in [-0.1, -0.05) is 30.3 Å². The average molecular weight is 425 g/mol. The number of nitrogens with one attached hydrogen (secondary N) is 2. The maximum atomic E-state index is 15.7. The Kier molecular flexibility index (Phi) is 5.34. The molecule has 0 amide bonds. The lowest BCUT2D eigenvalue weighted by Gasteiger charge is -2.47. The maximum Gasteiger partial charge on any atom is 0.134 e. The highest BCUT2D eigenvalue weighted by Crippen LogP contribution is 2.43. The van der Waals surface area contributed by atoms with Crippen LogP contribution in [0.5, 0.6) is 0 Å². The summed E-state index contributed by atoms with van der Waals surface area (Å²) in [7, 11) is 0. The van der Waals surface area contributed by atoms with Crippen molar-refractivity contribution in [1.29, 1.82) is 0 Å². The van der Waals surface area contributed by atoms with Gasteiger partial charge in [0.15, 0.2) is 0 Å². The molecule has 2 aliphatic rings. The first-order valence-corrected chi connectivity index (χ1v) is 12.0. The highest BCUT2D eigenvalue weighted by molar-refractivity contribution is 5.85. The molecule has 0 aromatic heterocycles. The van der Waals surface area contributed by atoms with Gasteiger partial charge in [0.1, 0.15) is 5.82 Å². The topological polar surface area (TPSA) is 24.1 Å². The summed E-state index contributed by atoms with van der Waals surface area (Å²) in [6, 6.07) is 10.6.